The van der Waals surface area contributed by atoms with E-state index in [1.54, 1.807) is 6.08 Å². The molecule has 0 aliphatic rings. The average molecular weight is 194 g/mol. The van der Waals surface area contributed by atoms with E-state index in [-0.39, 0.29) is 0 Å². The molecule has 4 nitrogen and oxygen atoms in total. The van der Waals surface area contributed by atoms with Crippen LogP contribution in [0.1, 0.15) is 6.42 Å². The van der Waals surface area contributed by atoms with Crippen molar-refractivity contribution in [2.45, 2.75) is 6.42 Å². The predicted molar refractivity (Wildman–Crippen MR) is 45.5 cm³/mol. The van der Waals surface area contributed by atoms with Crippen LogP contribution >= 0.6 is 18.6 Å². The fourth-order valence-corrected chi connectivity index (χ4v) is 1.43. The van der Waals surface area contributed by atoms with E-state index in [1.807, 2.05) is 0 Å². The first-order valence-electron chi connectivity index (χ1n) is 2.62. The highest BCUT2D eigenvalue weighted by Crippen LogP contribution is 2.32. The van der Waals surface area contributed by atoms with Crippen molar-refractivity contribution in [2.75, 3.05) is 5.75 Å². The van der Waals surface area contributed by atoms with Gasteiger partial charge < -0.3 is 0 Å². The highest BCUT2D eigenvalue weighted by molar-refractivity contribution is 8.50. The zero-order chi connectivity index (χ0) is 9.11. The van der Waals surface area contributed by atoms with Gasteiger partial charge in [-0.3, -0.25) is 0 Å². The normalized spacial score (nSPS) is 8.64. The van der Waals surface area contributed by atoms with Gasteiger partial charge in [0.2, 0.25) is 6.08 Å². The third-order valence-corrected chi connectivity index (χ3v) is 2.37. The summed E-state index contributed by atoms with van der Waals surface area (Å²) >= 11 is 1.05. The SMILES string of the molecule is C=CCCS[P+](=O)O.N=C=O. The zero-order valence-corrected chi connectivity index (χ0v) is 7.53. The third kappa shape index (κ3) is 26.3. The van der Waals surface area contributed by atoms with Gasteiger partial charge in [-0.15, -0.1) is 6.58 Å². The van der Waals surface area contributed by atoms with E-state index in [9.17, 15) is 4.57 Å². The standard InChI is InChI=1S/C4H7O2PS.CHNO/c1-2-3-4-8-7(5)6;2-1-3/h2H,1,3-4H2;2H/p+1. The van der Waals surface area contributed by atoms with Crippen LogP contribution < -0.4 is 0 Å². The maximum atomic E-state index is 9.95. The van der Waals surface area contributed by atoms with Crippen LogP contribution in [0.15, 0.2) is 12.7 Å². The molecule has 1 atom stereocenters. The van der Waals surface area contributed by atoms with Gasteiger partial charge >= 0.3 is 7.23 Å². The topological polar surface area (TPSA) is 78.2 Å². The molecule has 0 aromatic rings. The Bertz CT molecular complexity index is 156. The summed E-state index contributed by atoms with van der Waals surface area (Å²) in [5.74, 6) is 0.690. The Morgan fingerprint density at radius 2 is 2.27 bits per heavy atom. The molecule has 1 unspecified atom stereocenters. The Morgan fingerprint density at radius 1 is 1.82 bits per heavy atom. The van der Waals surface area contributed by atoms with Crippen LogP contribution in [0.2, 0.25) is 0 Å². The summed E-state index contributed by atoms with van der Waals surface area (Å²) in [6.45, 7) is 3.47. The van der Waals surface area contributed by atoms with Crippen molar-refractivity contribution in [3.63, 3.8) is 0 Å². The third-order valence-electron chi connectivity index (χ3n) is 0.524. The minimum atomic E-state index is -1.99. The largest absolute Gasteiger partial charge is 0.582 e. The Balaban J connectivity index is 0. The number of allylic oxidation sites excluding steroid dienone is 1. The van der Waals surface area contributed by atoms with Gasteiger partial charge in [0.05, 0.1) is 0 Å². The lowest BCUT2D eigenvalue weighted by molar-refractivity contribution is 0.519. The van der Waals surface area contributed by atoms with Crippen molar-refractivity contribution in [1.82, 2.24) is 0 Å². The van der Waals surface area contributed by atoms with Crippen LogP contribution in [0.25, 0.3) is 0 Å². The molecule has 62 valence electrons. The second-order valence-electron chi connectivity index (χ2n) is 1.25. The fourth-order valence-electron chi connectivity index (χ4n) is 0.214. The van der Waals surface area contributed by atoms with E-state index in [0.717, 1.165) is 23.9 Å². The first-order chi connectivity index (χ1) is 5.18. The number of rotatable bonds is 4. The van der Waals surface area contributed by atoms with Crippen molar-refractivity contribution in [2.24, 2.45) is 0 Å². The van der Waals surface area contributed by atoms with Crippen LogP contribution in [0, 0.1) is 5.41 Å². The molecule has 0 heterocycles. The quantitative estimate of drug-likeness (QED) is 0.235. The van der Waals surface area contributed by atoms with Crippen molar-refractivity contribution in [3.8, 4) is 0 Å². The number of hydrogen-bond acceptors (Lipinski definition) is 4. The second kappa shape index (κ2) is 12.2. The summed E-state index contributed by atoms with van der Waals surface area (Å²) in [4.78, 5) is 16.6. The highest BCUT2D eigenvalue weighted by atomic mass is 32.7. The molecule has 0 saturated heterocycles. The van der Waals surface area contributed by atoms with E-state index in [1.165, 1.54) is 0 Å². The van der Waals surface area contributed by atoms with E-state index in [4.69, 9.17) is 15.1 Å². The molecule has 0 fully saturated rings. The molecular weight excluding hydrogens is 185 g/mol. The van der Waals surface area contributed by atoms with Crippen LogP contribution in [-0.2, 0) is 9.36 Å². The molecule has 0 spiro atoms. The van der Waals surface area contributed by atoms with Gasteiger partial charge in [-0.05, 0) is 11.0 Å². The van der Waals surface area contributed by atoms with Gasteiger partial charge in [0.1, 0.15) is 0 Å². The number of isocyanates is 1. The summed E-state index contributed by atoms with van der Waals surface area (Å²) in [5, 5.41) is 5.40. The molecular formula is C5H9NO3PS+. The fraction of sp³-hybridized carbons (Fsp3) is 0.400. The van der Waals surface area contributed by atoms with Gasteiger partial charge in [0.25, 0.3) is 0 Å². The lowest BCUT2D eigenvalue weighted by atomic mass is 10.5. The first-order valence-corrected chi connectivity index (χ1v) is 5.43. The minimum absolute atomic E-state index is 0.690. The van der Waals surface area contributed by atoms with Gasteiger partial charge in [0, 0.05) is 5.75 Å². The van der Waals surface area contributed by atoms with Crippen LogP contribution in [-0.4, -0.2) is 16.7 Å². The molecule has 0 amide bonds. The number of hydrogen-bond donors (Lipinski definition) is 2. The molecule has 0 aliphatic heterocycles. The van der Waals surface area contributed by atoms with Crippen molar-refractivity contribution in [3.05, 3.63) is 12.7 Å². The lowest BCUT2D eigenvalue weighted by Crippen LogP contribution is -1.67. The van der Waals surface area contributed by atoms with Gasteiger partial charge in [-0.25, -0.2) is 10.2 Å². The molecule has 0 bridgehead atoms. The number of carbonyl (C=O) groups excluding carboxylic acids is 1. The van der Waals surface area contributed by atoms with Gasteiger partial charge in [-0.1, -0.05) is 6.08 Å². The van der Waals surface area contributed by atoms with E-state index in [0.29, 0.717) is 5.75 Å². The number of nitrogens with one attached hydrogen (secondary N) is 1. The molecule has 6 heteroatoms. The van der Waals surface area contributed by atoms with Crippen molar-refractivity contribution in [1.29, 1.82) is 5.41 Å². The molecule has 0 aromatic carbocycles. The van der Waals surface area contributed by atoms with Crippen LogP contribution in [0.5, 0.6) is 0 Å². The lowest BCUT2D eigenvalue weighted by Gasteiger charge is -1.76. The van der Waals surface area contributed by atoms with Gasteiger partial charge in [0.15, 0.2) is 11.4 Å². The summed E-state index contributed by atoms with van der Waals surface area (Å²) < 4.78 is 9.95. The first kappa shape index (κ1) is 13.1. The Morgan fingerprint density at radius 3 is 2.55 bits per heavy atom. The summed E-state index contributed by atoms with van der Waals surface area (Å²) in [6.07, 6.45) is 3.28. The smallest absolute Gasteiger partial charge is 0.222 e. The Hall–Kier alpha value is -0.470. The monoisotopic (exact) mass is 194 g/mol. The van der Waals surface area contributed by atoms with Crippen molar-refractivity contribution >= 4 is 24.7 Å². The highest BCUT2D eigenvalue weighted by Gasteiger charge is 2.09. The molecule has 0 aromatic heterocycles. The zero-order valence-electron chi connectivity index (χ0n) is 5.82. The molecule has 0 saturated carbocycles. The predicted octanol–water partition coefficient (Wildman–Crippen LogP) is 1.85. The van der Waals surface area contributed by atoms with Crippen LogP contribution in [0.4, 0.5) is 0 Å². The Kier molecular flexibility index (Phi) is 14.6. The summed E-state index contributed by atoms with van der Waals surface area (Å²) in [6, 6.07) is 0. The average Bonchev–Trinajstić information content (AvgIpc) is 1.89. The Labute approximate surface area is 69.8 Å². The van der Waals surface area contributed by atoms with E-state index in [2.05, 4.69) is 6.58 Å². The molecule has 2 N–H and O–H groups in total. The second-order valence-corrected chi connectivity index (χ2v) is 4.10. The van der Waals surface area contributed by atoms with Crippen LogP contribution in [0.3, 0.4) is 0 Å². The maximum absolute atomic E-state index is 9.95. The van der Waals surface area contributed by atoms with E-state index < -0.39 is 7.23 Å². The molecule has 11 heavy (non-hydrogen) atoms. The van der Waals surface area contributed by atoms with Gasteiger partial charge in [-0.2, -0.15) is 4.89 Å². The summed E-state index contributed by atoms with van der Waals surface area (Å²) in [7, 11) is -1.99. The van der Waals surface area contributed by atoms with Crippen molar-refractivity contribution < 1.29 is 14.3 Å². The van der Waals surface area contributed by atoms with E-state index >= 15 is 0 Å². The maximum Gasteiger partial charge on any atom is 0.582 e. The molecule has 0 rings (SSSR count). The molecule has 0 radical (unpaired) electrons. The summed E-state index contributed by atoms with van der Waals surface area (Å²) in [5.41, 5.74) is 0. The minimum Gasteiger partial charge on any atom is -0.222 e. The molecule has 0 aliphatic carbocycles.